The van der Waals surface area contributed by atoms with E-state index in [0.717, 1.165) is 6.42 Å². The van der Waals surface area contributed by atoms with Crippen molar-refractivity contribution in [3.05, 3.63) is 35.9 Å². The summed E-state index contributed by atoms with van der Waals surface area (Å²) in [6, 6.07) is 8.67. The number of nitrogens with zero attached hydrogens (tertiary/aromatic N) is 1. The Kier molecular flexibility index (Phi) is 5.57. The molecule has 18 heavy (non-hydrogen) atoms. The molecule has 0 aliphatic rings. The Labute approximate surface area is 106 Å². The topological polar surface area (TPSA) is 67.8 Å². The standard InChI is InChI=1S/C13H16N2O3/c1-3-7-11(13(17)18-2)14-15-12(16)10-8-5-4-6-9-10/h4-6,8-9H,3,7H2,1-2H3,(H,15,16)/b14-11-. The molecule has 1 amide bonds. The Balaban J connectivity index is 2.71. The van der Waals surface area contributed by atoms with Gasteiger partial charge in [-0.3, -0.25) is 4.79 Å². The van der Waals surface area contributed by atoms with Crippen molar-refractivity contribution in [3.63, 3.8) is 0 Å². The van der Waals surface area contributed by atoms with Crippen LogP contribution in [0.2, 0.25) is 0 Å². The molecule has 5 nitrogen and oxygen atoms in total. The van der Waals surface area contributed by atoms with Gasteiger partial charge in [0.2, 0.25) is 0 Å². The number of benzene rings is 1. The van der Waals surface area contributed by atoms with Crippen LogP contribution in [0, 0.1) is 0 Å². The van der Waals surface area contributed by atoms with Crippen LogP contribution in [0.4, 0.5) is 0 Å². The van der Waals surface area contributed by atoms with E-state index in [9.17, 15) is 9.59 Å². The first-order chi connectivity index (χ1) is 8.69. The summed E-state index contributed by atoms with van der Waals surface area (Å²) in [6.07, 6.45) is 1.21. The van der Waals surface area contributed by atoms with E-state index in [1.54, 1.807) is 24.3 Å². The zero-order valence-corrected chi connectivity index (χ0v) is 10.5. The van der Waals surface area contributed by atoms with Crippen molar-refractivity contribution in [2.75, 3.05) is 7.11 Å². The molecule has 1 aromatic carbocycles. The highest BCUT2D eigenvalue weighted by molar-refractivity contribution is 6.36. The molecule has 5 heteroatoms. The van der Waals surface area contributed by atoms with Gasteiger partial charge in [0.05, 0.1) is 7.11 Å². The number of hydrogen-bond acceptors (Lipinski definition) is 4. The lowest BCUT2D eigenvalue weighted by atomic mass is 10.2. The van der Waals surface area contributed by atoms with Crippen LogP contribution in [0.1, 0.15) is 30.1 Å². The van der Waals surface area contributed by atoms with E-state index in [-0.39, 0.29) is 11.6 Å². The van der Waals surface area contributed by atoms with Gasteiger partial charge in [0.1, 0.15) is 5.71 Å². The van der Waals surface area contributed by atoms with Gasteiger partial charge in [0.15, 0.2) is 0 Å². The highest BCUT2D eigenvalue weighted by Gasteiger charge is 2.11. The Hall–Kier alpha value is -2.17. The van der Waals surface area contributed by atoms with E-state index >= 15 is 0 Å². The van der Waals surface area contributed by atoms with Crippen molar-refractivity contribution >= 4 is 17.6 Å². The highest BCUT2D eigenvalue weighted by atomic mass is 16.5. The molecule has 0 spiro atoms. The molecule has 1 aromatic rings. The summed E-state index contributed by atoms with van der Waals surface area (Å²) in [6.45, 7) is 1.91. The fourth-order valence-corrected chi connectivity index (χ4v) is 1.33. The van der Waals surface area contributed by atoms with Gasteiger partial charge in [0.25, 0.3) is 5.91 Å². The van der Waals surface area contributed by atoms with Crippen LogP contribution in [0.5, 0.6) is 0 Å². The number of methoxy groups -OCH3 is 1. The van der Waals surface area contributed by atoms with Crippen molar-refractivity contribution in [3.8, 4) is 0 Å². The summed E-state index contributed by atoms with van der Waals surface area (Å²) < 4.78 is 4.58. The minimum atomic E-state index is -0.523. The van der Waals surface area contributed by atoms with Crippen LogP contribution in [-0.4, -0.2) is 24.7 Å². The molecule has 1 rings (SSSR count). The molecular formula is C13H16N2O3. The normalized spacial score (nSPS) is 10.9. The largest absolute Gasteiger partial charge is 0.464 e. The number of esters is 1. The van der Waals surface area contributed by atoms with Crippen LogP contribution >= 0.6 is 0 Å². The van der Waals surface area contributed by atoms with E-state index in [1.165, 1.54) is 7.11 Å². The van der Waals surface area contributed by atoms with Crippen LogP contribution in [0.15, 0.2) is 35.4 Å². The molecule has 96 valence electrons. The maximum Gasteiger partial charge on any atom is 0.354 e. The van der Waals surface area contributed by atoms with E-state index in [4.69, 9.17) is 0 Å². The van der Waals surface area contributed by atoms with Gasteiger partial charge in [-0.2, -0.15) is 5.10 Å². The van der Waals surface area contributed by atoms with E-state index in [0.29, 0.717) is 12.0 Å². The van der Waals surface area contributed by atoms with Gasteiger partial charge in [-0.15, -0.1) is 0 Å². The number of hydrazone groups is 1. The number of carbonyl (C=O) groups excluding carboxylic acids is 2. The Bertz CT molecular complexity index is 441. The van der Waals surface area contributed by atoms with E-state index in [1.807, 2.05) is 13.0 Å². The van der Waals surface area contributed by atoms with Crippen molar-refractivity contribution < 1.29 is 14.3 Å². The van der Waals surface area contributed by atoms with Crippen molar-refractivity contribution in [1.82, 2.24) is 5.43 Å². The number of amides is 1. The summed E-state index contributed by atoms with van der Waals surface area (Å²) in [4.78, 5) is 23.0. The average molecular weight is 248 g/mol. The summed E-state index contributed by atoms with van der Waals surface area (Å²) in [5.74, 6) is -0.877. The third kappa shape index (κ3) is 4.01. The molecule has 0 saturated carbocycles. The molecular weight excluding hydrogens is 232 g/mol. The first-order valence-electron chi connectivity index (χ1n) is 5.69. The zero-order chi connectivity index (χ0) is 13.4. The third-order valence-corrected chi connectivity index (χ3v) is 2.24. The average Bonchev–Trinajstić information content (AvgIpc) is 2.43. The van der Waals surface area contributed by atoms with Gasteiger partial charge in [-0.1, -0.05) is 31.5 Å². The summed E-state index contributed by atoms with van der Waals surface area (Å²) >= 11 is 0. The molecule has 0 saturated heterocycles. The molecule has 0 heterocycles. The predicted octanol–water partition coefficient (Wildman–Crippen LogP) is 1.75. The fraction of sp³-hybridized carbons (Fsp3) is 0.308. The van der Waals surface area contributed by atoms with Crippen LogP contribution in [0.25, 0.3) is 0 Å². The van der Waals surface area contributed by atoms with Crippen molar-refractivity contribution in [2.45, 2.75) is 19.8 Å². The van der Waals surface area contributed by atoms with Gasteiger partial charge >= 0.3 is 5.97 Å². The summed E-state index contributed by atoms with van der Waals surface area (Å²) in [7, 11) is 1.28. The van der Waals surface area contributed by atoms with E-state index in [2.05, 4.69) is 15.3 Å². The molecule has 0 fully saturated rings. The van der Waals surface area contributed by atoms with Crippen molar-refractivity contribution in [2.24, 2.45) is 5.10 Å². The molecule has 0 atom stereocenters. The second-order valence-electron chi connectivity index (χ2n) is 3.61. The van der Waals surface area contributed by atoms with Gasteiger partial charge < -0.3 is 4.74 Å². The van der Waals surface area contributed by atoms with Crippen LogP contribution in [0.3, 0.4) is 0 Å². The third-order valence-electron chi connectivity index (χ3n) is 2.24. The lowest BCUT2D eigenvalue weighted by molar-refractivity contribution is -0.132. The maximum atomic E-state index is 11.7. The predicted molar refractivity (Wildman–Crippen MR) is 68.3 cm³/mol. The summed E-state index contributed by atoms with van der Waals surface area (Å²) in [5.41, 5.74) is 3.05. The molecule has 0 aromatic heterocycles. The summed E-state index contributed by atoms with van der Waals surface area (Å²) in [5, 5.41) is 3.80. The zero-order valence-electron chi connectivity index (χ0n) is 10.5. The van der Waals surface area contributed by atoms with Gasteiger partial charge in [-0.05, 0) is 18.6 Å². The first kappa shape index (κ1) is 13.9. The molecule has 0 unspecified atom stereocenters. The maximum absolute atomic E-state index is 11.7. The Morgan fingerprint density at radius 3 is 2.50 bits per heavy atom. The quantitative estimate of drug-likeness (QED) is 0.490. The SMILES string of the molecule is CCC/C(=N/NC(=O)c1ccccc1)C(=O)OC. The lowest BCUT2D eigenvalue weighted by Gasteiger charge is -2.04. The number of nitrogens with one attached hydrogen (secondary N) is 1. The highest BCUT2D eigenvalue weighted by Crippen LogP contribution is 1.99. The van der Waals surface area contributed by atoms with Crippen LogP contribution in [-0.2, 0) is 9.53 Å². The Morgan fingerprint density at radius 1 is 1.28 bits per heavy atom. The van der Waals surface area contributed by atoms with Crippen LogP contribution < -0.4 is 5.43 Å². The van der Waals surface area contributed by atoms with E-state index < -0.39 is 5.97 Å². The van der Waals surface area contributed by atoms with Gasteiger partial charge in [-0.25, -0.2) is 10.2 Å². The smallest absolute Gasteiger partial charge is 0.354 e. The first-order valence-corrected chi connectivity index (χ1v) is 5.69. The number of carbonyl (C=O) groups is 2. The second-order valence-corrected chi connectivity index (χ2v) is 3.61. The number of hydrogen-bond donors (Lipinski definition) is 1. The Morgan fingerprint density at radius 2 is 1.94 bits per heavy atom. The number of ether oxygens (including phenoxy) is 1. The second kappa shape index (κ2) is 7.21. The minimum absolute atomic E-state index is 0.212. The molecule has 1 N–H and O–H groups in total. The minimum Gasteiger partial charge on any atom is -0.464 e. The van der Waals surface area contributed by atoms with Crippen molar-refractivity contribution in [1.29, 1.82) is 0 Å². The molecule has 0 aliphatic heterocycles. The van der Waals surface area contributed by atoms with Gasteiger partial charge in [0, 0.05) is 5.56 Å². The lowest BCUT2D eigenvalue weighted by Crippen LogP contribution is -2.24. The molecule has 0 bridgehead atoms. The number of rotatable bonds is 5. The fourth-order valence-electron chi connectivity index (χ4n) is 1.33. The molecule has 0 aliphatic carbocycles. The monoisotopic (exact) mass is 248 g/mol. The molecule has 0 radical (unpaired) electrons.